The lowest BCUT2D eigenvalue weighted by molar-refractivity contribution is 0.194. The number of benzene rings is 1. The van der Waals surface area contributed by atoms with E-state index in [0.717, 1.165) is 22.5 Å². The molecular weight excluding hydrogens is 356 g/mol. The first-order chi connectivity index (χ1) is 11.9. The zero-order valence-corrected chi connectivity index (χ0v) is 14.0. The second-order valence-electron chi connectivity index (χ2n) is 5.31. The molecule has 1 aliphatic rings. The zero-order valence-electron chi connectivity index (χ0n) is 13.2. The largest absolute Gasteiger partial charge is 0.477 e. The van der Waals surface area contributed by atoms with Crippen molar-refractivity contribution < 1.29 is 26.7 Å². The van der Waals surface area contributed by atoms with Crippen LogP contribution in [0.3, 0.4) is 0 Å². The van der Waals surface area contributed by atoms with Crippen molar-refractivity contribution in [1.82, 2.24) is 14.3 Å². The van der Waals surface area contributed by atoms with E-state index in [4.69, 9.17) is 9.47 Å². The van der Waals surface area contributed by atoms with E-state index in [0.29, 0.717) is 6.42 Å². The van der Waals surface area contributed by atoms with Crippen LogP contribution in [0.1, 0.15) is 6.42 Å². The molecule has 0 bridgehead atoms. The lowest BCUT2D eigenvalue weighted by atomic mass is 10.3. The molecule has 1 aromatic carbocycles. The maximum atomic E-state index is 13.8. The van der Waals surface area contributed by atoms with E-state index in [-0.39, 0.29) is 24.8 Å². The summed E-state index contributed by atoms with van der Waals surface area (Å²) in [4.78, 5) is 6.97. The molecule has 1 saturated heterocycles. The van der Waals surface area contributed by atoms with Gasteiger partial charge in [-0.15, -0.1) is 0 Å². The molecule has 25 heavy (non-hydrogen) atoms. The highest BCUT2D eigenvalue weighted by atomic mass is 32.2. The molecule has 0 amide bonds. The Labute approximate surface area is 143 Å². The van der Waals surface area contributed by atoms with E-state index in [2.05, 4.69) is 9.97 Å². The Morgan fingerprint density at radius 1 is 1.16 bits per heavy atom. The van der Waals surface area contributed by atoms with Gasteiger partial charge in [-0.25, -0.2) is 27.2 Å². The highest BCUT2D eigenvalue weighted by Crippen LogP contribution is 2.28. The Morgan fingerprint density at radius 2 is 1.80 bits per heavy atom. The van der Waals surface area contributed by atoms with Crippen molar-refractivity contribution in [3.8, 4) is 11.8 Å². The standard InChI is InChI=1S/C15H15F2N3O4S/c1-23-14-15(19-7-6-18-14)24-10-5-8-20(9-10)25(21,22)13-11(16)3-2-4-12(13)17/h2-4,6-7,10H,5,8-9H2,1H3. The van der Waals surface area contributed by atoms with Gasteiger partial charge in [-0.2, -0.15) is 4.31 Å². The lowest BCUT2D eigenvalue weighted by Gasteiger charge is -2.18. The van der Waals surface area contributed by atoms with Crippen molar-refractivity contribution in [3.05, 3.63) is 42.2 Å². The van der Waals surface area contributed by atoms with Crippen molar-refractivity contribution >= 4 is 10.0 Å². The summed E-state index contributed by atoms with van der Waals surface area (Å²) in [7, 11) is -2.90. The minimum Gasteiger partial charge on any atom is -0.477 e. The summed E-state index contributed by atoms with van der Waals surface area (Å²) in [5.74, 6) is -1.95. The van der Waals surface area contributed by atoms with E-state index in [1.165, 1.54) is 19.5 Å². The maximum Gasteiger partial charge on any atom is 0.278 e. The van der Waals surface area contributed by atoms with Crippen LogP contribution in [0.5, 0.6) is 11.8 Å². The number of hydrogen-bond acceptors (Lipinski definition) is 6. The van der Waals surface area contributed by atoms with Gasteiger partial charge in [-0.3, -0.25) is 0 Å². The molecule has 134 valence electrons. The number of hydrogen-bond donors (Lipinski definition) is 0. The monoisotopic (exact) mass is 371 g/mol. The van der Waals surface area contributed by atoms with Crippen molar-refractivity contribution in [3.63, 3.8) is 0 Å². The molecule has 0 N–H and O–H groups in total. The number of methoxy groups -OCH3 is 1. The molecule has 1 fully saturated rings. The van der Waals surface area contributed by atoms with Gasteiger partial charge < -0.3 is 9.47 Å². The molecule has 10 heteroatoms. The Kier molecular flexibility index (Phi) is 4.82. The Hall–Kier alpha value is -2.33. The van der Waals surface area contributed by atoms with E-state index in [1.54, 1.807) is 0 Å². The summed E-state index contributed by atoms with van der Waals surface area (Å²) in [5, 5.41) is 0. The molecular formula is C15H15F2N3O4S. The third-order valence-electron chi connectivity index (χ3n) is 3.73. The van der Waals surface area contributed by atoms with Gasteiger partial charge in [0.2, 0.25) is 10.0 Å². The van der Waals surface area contributed by atoms with Gasteiger partial charge in [0.05, 0.1) is 13.7 Å². The van der Waals surface area contributed by atoms with Crippen LogP contribution in [0.25, 0.3) is 0 Å². The minimum absolute atomic E-state index is 0.0597. The van der Waals surface area contributed by atoms with E-state index in [9.17, 15) is 17.2 Å². The number of nitrogens with zero attached hydrogens (tertiary/aromatic N) is 3. The molecule has 0 radical (unpaired) electrons. The van der Waals surface area contributed by atoms with Crippen LogP contribution < -0.4 is 9.47 Å². The maximum absolute atomic E-state index is 13.8. The number of rotatable bonds is 5. The van der Waals surface area contributed by atoms with Crippen molar-refractivity contribution in [1.29, 1.82) is 0 Å². The van der Waals surface area contributed by atoms with Crippen LogP contribution in [0.15, 0.2) is 35.5 Å². The molecule has 0 spiro atoms. The first kappa shape index (κ1) is 17.5. The van der Waals surface area contributed by atoms with Crippen molar-refractivity contribution in [2.24, 2.45) is 0 Å². The lowest BCUT2D eigenvalue weighted by Crippen LogP contribution is -2.32. The van der Waals surface area contributed by atoms with Gasteiger partial charge in [0, 0.05) is 18.9 Å². The number of sulfonamides is 1. The summed E-state index contributed by atoms with van der Waals surface area (Å²) in [6.07, 6.45) is 2.65. The van der Waals surface area contributed by atoms with Gasteiger partial charge in [-0.1, -0.05) is 6.07 Å². The Morgan fingerprint density at radius 3 is 2.44 bits per heavy atom. The van der Waals surface area contributed by atoms with Gasteiger partial charge in [0.25, 0.3) is 11.8 Å². The van der Waals surface area contributed by atoms with E-state index in [1.807, 2.05) is 0 Å². The summed E-state index contributed by atoms with van der Waals surface area (Å²) in [6.45, 7) is 0.0131. The second kappa shape index (κ2) is 6.89. The predicted molar refractivity (Wildman–Crippen MR) is 82.7 cm³/mol. The molecule has 7 nitrogen and oxygen atoms in total. The quantitative estimate of drug-likeness (QED) is 0.794. The molecule has 3 rings (SSSR count). The van der Waals surface area contributed by atoms with Crippen LogP contribution in [0, 0.1) is 11.6 Å². The first-order valence-electron chi connectivity index (χ1n) is 7.39. The van der Waals surface area contributed by atoms with Gasteiger partial charge in [0.1, 0.15) is 17.7 Å². The average Bonchev–Trinajstić information content (AvgIpc) is 3.04. The fraction of sp³-hybridized carbons (Fsp3) is 0.333. The second-order valence-corrected chi connectivity index (χ2v) is 7.19. The van der Waals surface area contributed by atoms with Crippen LogP contribution in [0.2, 0.25) is 0 Å². The molecule has 1 aliphatic heterocycles. The number of halogens is 2. The predicted octanol–water partition coefficient (Wildman–Crippen LogP) is 1.61. The van der Waals surface area contributed by atoms with E-state index < -0.39 is 32.7 Å². The van der Waals surface area contributed by atoms with Crippen LogP contribution in [0.4, 0.5) is 8.78 Å². The smallest absolute Gasteiger partial charge is 0.278 e. The van der Waals surface area contributed by atoms with Crippen LogP contribution in [-0.2, 0) is 10.0 Å². The molecule has 2 aromatic rings. The molecule has 2 heterocycles. The number of ether oxygens (including phenoxy) is 2. The van der Waals surface area contributed by atoms with Gasteiger partial charge >= 0.3 is 0 Å². The summed E-state index contributed by atoms with van der Waals surface area (Å²) in [5.41, 5.74) is 0. The SMILES string of the molecule is COc1nccnc1OC1CCN(S(=O)(=O)c2c(F)cccc2F)C1. The fourth-order valence-electron chi connectivity index (χ4n) is 2.56. The molecule has 0 aliphatic carbocycles. The molecule has 1 unspecified atom stereocenters. The van der Waals surface area contributed by atoms with Crippen LogP contribution >= 0.6 is 0 Å². The molecule has 0 saturated carbocycles. The molecule has 1 aromatic heterocycles. The third kappa shape index (κ3) is 3.40. The average molecular weight is 371 g/mol. The van der Waals surface area contributed by atoms with Gasteiger partial charge in [-0.05, 0) is 18.6 Å². The zero-order chi connectivity index (χ0) is 18.0. The van der Waals surface area contributed by atoms with E-state index >= 15 is 0 Å². The van der Waals surface area contributed by atoms with Crippen molar-refractivity contribution in [2.45, 2.75) is 17.4 Å². The highest BCUT2D eigenvalue weighted by Gasteiger charge is 2.37. The molecule has 1 atom stereocenters. The third-order valence-corrected chi connectivity index (χ3v) is 5.65. The fourth-order valence-corrected chi connectivity index (χ4v) is 4.16. The summed E-state index contributed by atoms with van der Waals surface area (Å²) >= 11 is 0. The number of aromatic nitrogens is 2. The minimum atomic E-state index is -4.30. The first-order valence-corrected chi connectivity index (χ1v) is 8.83. The normalized spacial score (nSPS) is 18.3. The Balaban J connectivity index is 1.78. The van der Waals surface area contributed by atoms with Gasteiger partial charge in [0.15, 0.2) is 4.90 Å². The Bertz CT molecular complexity index is 859. The van der Waals surface area contributed by atoms with Crippen LogP contribution in [-0.4, -0.2) is 49.0 Å². The summed E-state index contributed by atoms with van der Waals surface area (Å²) in [6, 6.07) is 2.93. The summed E-state index contributed by atoms with van der Waals surface area (Å²) < 4.78 is 64.4. The van der Waals surface area contributed by atoms with Crippen molar-refractivity contribution in [2.75, 3.05) is 20.2 Å². The topological polar surface area (TPSA) is 81.6 Å². The highest BCUT2D eigenvalue weighted by molar-refractivity contribution is 7.89.